The maximum atomic E-state index is 13.0. The molecule has 0 bridgehead atoms. The Labute approximate surface area is 146 Å². The maximum Gasteiger partial charge on any atom is 0.268 e. The molecule has 0 unspecified atom stereocenters. The first kappa shape index (κ1) is 16.9. The molecule has 0 saturated carbocycles. The fourth-order valence-electron chi connectivity index (χ4n) is 3.08. The van der Waals surface area contributed by atoms with E-state index in [1.807, 2.05) is 31.2 Å². The van der Waals surface area contributed by atoms with Gasteiger partial charge in [0, 0.05) is 29.9 Å². The number of Topliss-reactive ketones (excluding diaryl/α,β-unsaturated/α-hetero) is 1. The molecule has 0 aliphatic heterocycles. The predicted octanol–water partition coefficient (Wildman–Crippen LogP) is 2.58. The molecule has 5 nitrogen and oxygen atoms in total. The Bertz CT molecular complexity index is 908. The lowest BCUT2D eigenvalue weighted by atomic mass is 9.92. The summed E-state index contributed by atoms with van der Waals surface area (Å²) in [6.45, 7) is 5.77. The number of pyridine rings is 1. The minimum absolute atomic E-state index is 0.0172. The van der Waals surface area contributed by atoms with Crippen LogP contribution in [0, 0.1) is 6.92 Å². The summed E-state index contributed by atoms with van der Waals surface area (Å²) < 4.78 is 1.51. The van der Waals surface area contributed by atoms with Gasteiger partial charge in [0.05, 0.1) is 0 Å². The van der Waals surface area contributed by atoms with Crippen molar-refractivity contribution in [1.82, 2.24) is 9.88 Å². The van der Waals surface area contributed by atoms with Crippen LogP contribution in [0.4, 0.5) is 0 Å². The van der Waals surface area contributed by atoms with Crippen molar-refractivity contribution in [3.8, 4) is 5.69 Å². The van der Waals surface area contributed by atoms with Crippen molar-refractivity contribution >= 4 is 11.7 Å². The van der Waals surface area contributed by atoms with Crippen LogP contribution in [0.25, 0.3) is 5.69 Å². The van der Waals surface area contributed by atoms with Crippen LogP contribution in [0.5, 0.6) is 0 Å². The second-order valence-corrected chi connectivity index (χ2v) is 6.17. The fourth-order valence-corrected chi connectivity index (χ4v) is 3.08. The van der Waals surface area contributed by atoms with E-state index >= 15 is 0 Å². The smallest absolute Gasteiger partial charge is 0.268 e. The molecular formula is C20H20N2O3. The average molecular weight is 336 g/mol. The summed E-state index contributed by atoms with van der Waals surface area (Å²) in [5.74, 6) is -0.521. The molecule has 1 aromatic heterocycles. The number of hydrogen-bond acceptors (Lipinski definition) is 3. The lowest BCUT2D eigenvalue weighted by molar-refractivity contribution is 0.0956. The molecule has 128 valence electrons. The number of aryl methyl sites for hydroxylation is 1. The van der Waals surface area contributed by atoms with Gasteiger partial charge in [0.1, 0.15) is 5.56 Å². The van der Waals surface area contributed by atoms with E-state index < -0.39 is 11.5 Å². The molecule has 1 aliphatic rings. The van der Waals surface area contributed by atoms with Crippen LogP contribution >= 0.6 is 0 Å². The van der Waals surface area contributed by atoms with Gasteiger partial charge in [0.15, 0.2) is 5.78 Å². The van der Waals surface area contributed by atoms with Crippen LogP contribution in [0.1, 0.15) is 44.8 Å². The van der Waals surface area contributed by atoms with Gasteiger partial charge in [-0.1, -0.05) is 23.8 Å². The van der Waals surface area contributed by atoms with Crippen molar-refractivity contribution in [2.45, 2.75) is 26.2 Å². The van der Waals surface area contributed by atoms with Crippen LogP contribution < -0.4 is 10.9 Å². The standard InChI is InChI=1S/C20H20N2O3/c1-3-11-21-19(24)16-12-15-17(5-4-6-18(15)23)22(20(16)25)14-9-7-13(2)8-10-14/h3,7-10,12H,1,4-6,11H2,2H3,(H,21,24). The Balaban J connectivity index is 2.24. The van der Waals surface area contributed by atoms with Crippen molar-refractivity contribution < 1.29 is 9.59 Å². The highest BCUT2D eigenvalue weighted by Crippen LogP contribution is 2.23. The third-order valence-corrected chi connectivity index (χ3v) is 4.36. The average Bonchev–Trinajstić information content (AvgIpc) is 2.60. The molecule has 5 heteroatoms. The lowest BCUT2D eigenvalue weighted by Crippen LogP contribution is -2.36. The van der Waals surface area contributed by atoms with E-state index in [0.717, 1.165) is 5.56 Å². The van der Waals surface area contributed by atoms with Gasteiger partial charge in [-0.25, -0.2) is 0 Å². The third kappa shape index (κ3) is 3.18. The van der Waals surface area contributed by atoms with Crippen molar-refractivity contribution in [2.24, 2.45) is 0 Å². The van der Waals surface area contributed by atoms with Crippen LogP contribution in [-0.4, -0.2) is 22.8 Å². The number of carbonyl (C=O) groups is 2. The summed E-state index contributed by atoms with van der Waals surface area (Å²) in [7, 11) is 0. The van der Waals surface area contributed by atoms with Gasteiger partial charge in [0.25, 0.3) is 11.5 Å². The quantitative estimate of drug-likeness (QED) is 0.873. The fraction of sp³-hybridized carbons (Fsp3) is 0.250. The number of benzene rings is 1. The number of rotatable bonds is 4. The summed E-state index contributed by atoms with van der Waals surface area (Å²) in [6, 6.07) is 8.93. The molecule has 1 aliphatic carbocycles. The van der Waals surface area contributed by atoms with E-state index in [-0.39, 0.29) is 17.9 Å². The molecule has 1 aromatic carbocycles. The molecular weight excluding hydrogens is 316 g/mol. The monoisotopic (exact) mass is 336 g/mol. The first-order valence-corrected chi connectivity index (χ1v) is 8.31. The third-order valence-electron chi connectivity index (χ3n) is 4.36. The highest BCUT2D eigenvalue weighted by molar-refractivity contribution is 6.02. The number of amides is 1. The minimum Gasteiger partial charge on any atom is -0.348 e. The zero-order chi connectivity index (χ0) is 18.0. The van der Waals surface area contributed by atoms with E-state index in [0.29, 0.717) is 36.2 Å². The highest BCUT2D eigenvalue weighted by atomic mass is 16.2. The van der Waals surface area contributed by atoms with Crippen LogP contribution in [0.3, 0.4) is 0 Å². The molecule has 1 amide bonds. The SMILES string of the molecule is C=CCNC(=O)c1cc2c(n(-c3ccc(C)cc3)c1=O)CCCC2=O. The van der Waals surface area contributed by atoms with Crippen molar-refractivity contribution in [3.05, 3.63) is 75.7 Å². The zero-order valence-corrected chi connectivity index (χ0v) is 14.2. The minimum atomic E-state index is -0.494. The van der Waals surface area contributed by atoms with Gasteiger partial charge in [0.2, 0.25) is 0 Å². The Morgan fingerprint density at radius 2 is 1.96 bits per heavy atom. The number of nitrogens with one attached hydrogen (secondary N) is 1. The van der Waals surface area contributed by atoms with Crippen molar-refractivity contribution in [3.63, 3.8) is 0 Å². The van der Waals surface area contributed by atoms with Gasteiger partial charge in [-0.2, -0.15) is 0 Å². The molecule has 0 spiro atoms. The Morgan fingerprint density at radius 1 is 1.24 bits per heavy atom. The molecule has 1 N–H and O–H groups in total. The van der Waals surface area contributed by atoms with E-state index in [9.17, 15) is 14.4 Å². The number of carbonyl (C=O) groups excluding carboxylic acids is 2. The zero-order valence-electron chi connectivity index (χ0n) is 14.2. The molecule has 25 heavy (non-hydrogen) atoms. The number of hydrogen-bond donors (Lipinski definition) is 1. The molecule has 0 fully saturated rings. The summed E-state index contributed by atoms with van der Waals surface area (Å²) in [6.07, 6.45) is 3.32. The Kier molecular flexibility index (Phi) is 4.65. The second-order valence-electron chi connectivity index (χ2n) is 6.17. The first-order chi connectivity index (χ1) is 12.0. The second kappa shape index (κ2) is 6.89. The molecule has 2 aromatic rings. The van der Waals surface area contributed by atoms with Crippen molar-refractivity contribution in [1.29, 1.82) is 0 Å². The van der Waals surface area contributed by atoms with E-state index in [1.165, 1.54) is 10.6 Å². The molecule has 0 atom stereocenters. The summed E-state index contributed by atoms with van der Waals surface area (Å²) in [5.41, 5.74) is 2.47. The van der Waals surface area contributed by atoms with E-state index in [4.69, 9.17) is 0 Å². The number of nitrogens with zero attached hydrogens (tertiary/aromatic N) is 1. The molecule has 0 radical (unpaired) electrons. The van der Waals surface area contributed by atoms with Gasteiger partial charge in [-0.3, -0.25) is 19.0 Å². The summed E-state index contributed by atoms with van der Waals surface area (Å²) in [4.78, 5) is 37.7. The predicted molar refractivity (Wildman–Crippen MR) is 96.6 cm³/mol. The van der Waals surface area contributed by atoms with E-state index in [2.05, 4.69) is 11.9 Å². The molecule has 0 saturated heterocycles. The summed E-state index contributed by atoms with van der Waals surface area (Å²) >= 11 is 0. The molecule has 1 heterocycles. The van der Waals surface area contributed by atoms with Crippen LogP contribution in [0.15, 0.2) is 47.8 Å². The van der Waals surface area contributed by atoms with Crippen molar-refractivity contribution in [2.75, 3.05) is 6.54 Å². The maximum absolute atomic E-state index is 13.0. The van der Waals surface area contributed by atoms with Gasteiger partial charge in [-0.15, -0.1) is 6.58 Å². The molecule has 3 rings (SSSR count). The van der Waals surface area contributed by atoms with Gasteiger partial charge < -0.3 is 5.32 Å². The van der Waals surface area contributed by atoms with Gasteiger partial charge >= 0.3 is 0 Å². The van der Waals surface area contributed by atoms with Crippen LogP contribution in [0.2, 0.25) is 0 Å². The number of ketones is 1. The Hall–Kier alpha value is -2.95. The first-order valence-electron chi connectivity index (χ1n) is 8.31. The largest absolute Gasteiger partial charge is 0.348 e. The Morgan fingerprint density at radius 3 is 2.64 bits per heavy atom. The number of aromatic nitrogens is 1. The number of fused-ring (bicyclic) bond motifs is 1. The topological polar surface area (TPSA) is 68.2 Å². The van der Waals surface area contributed by atoms with Gasteiger partial charge in [-0.05, 0) is 38.0 Å². The summed E-state index contributed by atoms with van der Waals surface area (Å²) in [5, 5.41) is 2.62. The highest BCUT2D eigenvalue weighted by Gasteiger charge is 2.25. The lowest BCUT2D eigenvalue weighted by Gasteiger charge is -2.21. The normalized spacial score (nSPS) is 13.2. The van der Waals surface area contributed by atoms with E-state index in [1.54, 1.807) is 6.08 Å². The van der Waals surface area contributed by atoms with Crippen LogP contribution in [-0.2, 0) is 6.42 Å².